The number of benzene rings is 3. The van der Waals surface area contributed by atoms with Crippen LogP contribution >= 0.6 is 23.2 Å². The number of ether oxygens (including phenoxy) is 3. The van der Waals surface area contributed by atoms with Crippen molar-refractivity contribution in [1.82, 2.24) is 30.6 Å². The molecule has 0 saturated heterocycles. The summed E-state index contributed by atoms with van der Waals surface area (Å²) in [5.74, 6) is -0.448. The second kappa shape index (κ2) is 19.9. The molecule has 0 unspecified atom stereocenters. The van der Waals surface area contributed by atoms with Gasteiger partial charge in [-0.3, -0.25) is 20.2 Å². The van der Waals surface area contributed by atoms with E-state index in [2.05, 4.69) is 51.5 Å². The minimum Gasteiger partial charge on any atom is -0.444 e. The predicted molar refractivity (Wildman–Crippen MR) is 249 cm³/mol. The van der Waals surface area contributed by atoms with Gasteiger partial charge in [0.25, 0.3) is 5.56 Å². The highest BCUT2D eigenvalue weighted by atomic mass is 35.5. The zero-order valence-corrected chi connectivity index (χ0v) is 38.1. The summed E-state index contributed by atoms with van der Waals surface area (Å²) in [6, 6.07) is 13.2. The first-order valence-corrected chi connectivity index (χ1v) is 20.2. The molecule has 3 aromatic carbocycles. The lowest BCUT2D eigenvalue weighted by atomic mass is 10.1. The first kappa shape index (κ1) is 47.8. The summed E-state index contributed by atoms with van der Waals surface area (Å²) in [6.45, 7) is 16.1. The number of aliphatic imine (C=N–C) groups is 2. The van der Waals surface area contributed by atoms with Gasteiger partial charge in [-0.25, -0.2) is 24.4 Å². The minimum absolute atomic E-state index is 0.206. The Morgan fingerprint density at radius 3 is 1.95 bits per heavy atom. The van der Waals surface area contributed by atoms with Crippen LogP contribution in [0.3, 0.4) is 0 Å². The van der Waals surface area contributed by atoms with Crippen molar-refractivity contribution in [1.29, 1.82) is 0 Å². The van der Waals surface area contributed by atoms with Crippen LogP contribution in [0.2, 0.25) is 10.0 Å². The highest BCUT2D eigenvalue weighted by Crippen LogP contribution is 2.33. The van der Waals surface area contributed by atoms with Crippen LogP contribution in [-0.2, 0) is 19.0 Å². The van der Waals surface area contributed by atoms with E-state index in [0.29, 0.717) is 49.4 Å². The molecule has 7 N–H and O–H groups in total. The van der Waals surface area contributed by atoms with Crippen molar-refractivity contribution >= 4 is 116 Å². The van der Waals surface area contributed by atoms with Crippen LogP contribution < -0.4 is 32.1 Å². The number of allylic oxidation sites excluding steroid dienone is 3. The molecule has 2 aromatic heterocycles. The minimum atomic E-state index is -1.06. The van der Waals surface area contributed by atoms with E-state index in [0.717, 1.165) is 0 Å². The zero-order valence-electron chi connectivity index (χ0n) is 36.6. The molecule has 4 amide bonds. The molecular weight excluding hydrogens is 869 g/mol. The van der Waals surface area contributed by atoms with Crippen molar-refractivity contribution in [2.24, 2.45) is 9.98 Å². The standard InChI is InChI=1S/C43H47Cl2N11O8/c1-11-22(3)62-39(59)54-37(56-41(61)64-43(8,9)10)48-26-19-24(18-25(20-26)47-36(46-23(4)57)55-40(60)63-42(5,6)7)17-21(2)34-49-29-15-16-30-33(31(29)35(58)53-34)52-38(50-30)51-32-27(44)13-12-14-28(32)45/h11-20H,1-10H3,(H,49,53,58)(H2,50,51,52)(H2,46,47,55,57,60)(H2,48,54,56,59,61)/b21-17+,22-11+. The van der Waals surface area contributed by atoms with E-state index in [9.17, 15) is 24.0 Å². The molecule has 0 atom stereocenters. The Kier molecular flexibility index (Phi) is 14.8. The van der Waals surface area contributed by atoms with E-state index in [4.69, 9.17) is 42.4 Å². The third-order valence-corrected chi connectivity index (χ3v) is 8.77. The summed E-state index contributed by atoms with van der Waals surface area (Å²) < 4.78 is 15.9. The number of guanidine groups is 2. The number of anilines is 4. The van der Waals surface area contributed by atoms with Crippen molar-refractivity contribution in [2.45, 2.75) is 80.4 Å². The molecule has 2 heterocycles. The molecule has 0 fully saturated rings. The second-order valence-electron chi connectivity index (χ2n) is 16.0. The van der Waals surface area contributed by atoms with Crippen LogP contribution in [0.15, 0.2) is 75.1 Å². The highest BCUT2D eigenvalue weighted by Gasteiger charge is 2.21. The number of carbonyl (C=O) groups excluding carboxylic acids is 4. The highest BCUT2D eigenvalue weighted by molar-refractivity contribution is 6.39. The zero-order chi connectivity index (χ0) is 47.1. The molecule has 0 spiro atoms. The lowest BCUT2D eigenvalue weighted by Gasteiger charge is -2.20. The van der Waals surface area contributed by atoms with Gasteiger partial charge in [0.2, 0.25) is 23.8 Å². The summed E-state index contributed by atoms with van der Waals surface area (Å²) in [4.78, 5) is 87.5. The van der Waals surface area contributed by atoms with E-state index in [1.807, 2.05) is 0 Å². The maximum absolute atomic E-state index is 13.8. The number of carbonyl (C=O) groups is 4. The van der Waals surface area contributed by atoms with Gasteiger partial charge >= 0.3 is 18.3 Å². The van der Waals surface area contributed by atoms with Gasteiger partial charge in [0.1, 0.15) is 22.8 Å². The van der Waals surface area contributed by atoms with Crippen LogP contribution in [0.1, 0.15) is 80.6 Å². The molecule has 0 aliphatic carbocycles. The molecule has 0 bridgehead atoms. The maximum Gasteiger partial charge on any atom is 0.441 e. The number of rotatable bonds is 7. The number of halogens is 2. The molecule has 0 aliphatic rings. The van der Waals surface area contributed by atoms with Gasteiger partial charge < -0.3 is 40.1 Å². The normalized spacial score (nSPS) is 12.8. The first-order chi connectivity index (χ1) is 29.9. The third kappa shape index (κ3) is 13.6. The van der Waals surface area contributed by atoms with Crippen molar-refractivity contribution in [3.63, 3.8) is 0 Å². The van der Waals surface area contributed by atoms with Gasteiger partial charge in [-0.05, 0) is 128 Å². The number of hydrogen-bond donors (Lipinski definition) is 7. The van der Waals surface area contributed by atoms with Crippen LogP contribution in [0.5, 0.6) is 0 Å². The van der Waals surface area contributed by atoms with Crippen LogP contribution in [-0.4, -0.2) is 67.2 Å². The Bertz CT molecular complexity index is 2810. The molecule has 64 heavy (non-hydrogen) atoms. The van der Waals surface area contributed by atoms with Crippen LogP contribution in [0.25, 0.3) is 33.6 Å². The largest absolute Gasteiger partial charge is 0.444 e. The van der Waals surface area contributed by atoms with Crippen molar-refractivity contribution < 1.29 is 33.4 Å². The van der Waals surface area contributed by atoms with Crippen molar-refractivity contribution in [3.05, 3.63) is 92.2 Å². The number of para-hydroxylation sites is 1. The second-order valence-corrected chi connectivity index (χ2v) is 16.8. The number of aromatic nitrogens is 4. The number of hydrogen-bond acceptors (Lipinski definition) is 11. The lowest BCUT2D eigenvalue weighted by molar-refractivity contribution is -0.117. The molecule has 0 aliphatic heterocycles. The summed E-state index contributed by atoms with van der Waals surface area (Å²) >= 11 is 12.7. The number of nitrogens with one attached hydrogen (secondary N) is 7. The third-order valence-electron chi connectivity index (χ3n) is 8.14. The predicted octanol–water partition coefficient (Wildman–Crippen LogP) is 9.60. The number of nitrogens with zero attached hydrogens (tertiary/aromatic N) is 4. The van der Waals surface area contributed by atoms with Gasteiger partial charge in [0.05, 0.1) is 37.7 Å². The monoisotopic (exact) mass is 915 g/mol. The van der Waals surface area contributed by atoms with Gasteiger partial charge in [-0.2, -0.15) is 0 Å². The molecule has 19 nitrogen and oxygen atoms in total. The average Bonchev–Trinajstić information content (AvgIpc) is 3.57. The van der Waals surface area contributed by atoms with E-state index < -0.39 is 40.9 Å². The Morgan fingerprint density at radius 1 is 0.766 bits per heavy atom. The first-order valence-electron chi connectivity index (χ1n) is 19.5. The Balaban J connectivity index is 1.59. The molecule has 5 aromatic rings. The van der Waals surface area contributed by atoms with Crippen LogP contribution in [0.4, 0.5) is 37.4 Å². The SMILES string of the molecule is C/C=C(\C)OC(=O)/N=C(/NC(=O)OC(C)(C)C)Nc1cc(/C=C(\C)c2nc3ccc4nc(Nc5c(Cl)cccc5Cl)[nH]c4c3c(=O)[nH]2)cc(N/C(=N\C(=O)OC(C)(C)C)NC(C)=O)c1. The van der Waals surface area contributed by atoms with Gasteiger partial charge in [0, 0.05) is 18.3 Å². The summed E-state index contributed by atoms with van der Waals surface area (Å²) in [6.07, 6.45) is 0.236. The topological polar surface area (TPSA) is 255 Å². The van der Waals surface area contributed by atoms with E-state index in [1.165, 1.54) is 13.0 Å². The number of amides is 4. The number of alkyl carbamates (subject to hydrolysis) is 1. The summed E-state index contributed by atoms with van der Waals surface area (Å²) in [5, 5.41) is 14.8. The molecule has 0 radical (unpaired) electrons. The van der Waals surface area contributed by atoms with E-state index in [1.54, 1.807) is 117 Å². The molecule has 336 valence electrons. The van der Waals surface area contributed by atoms with Crippen LogP contribution in [0, 0.1) is 0 Å². The quantitative estimate of drug-likeness (QED) is 0.0348. The fourth-order valence-electron chi connectivity index (χ4n) is 5.59. The van der Waals surface area contributed by atoms with E-state index >= 15 is 0 Å². The number of H-pyrrole nitrogens is 2. The average molecular weight is 917 g/mol. The molecule has 0 saturated carbocycles. The number of imidazole rings is 1. The Morgan fingerprint density at radius 2 is 1.36 bits per heavy atom. The molecule has 21 heteroatoms. The number of fused-ring (bicyclic) bond motifs is 3. The summed E-state index contributed by atoms with van der Waals surface area (Å²) in [7, 11) is 0. The number of aromatic amines is 2. The summed E-state index contributed by atoms with van der Waals surface area (Å²) in [5.41, 5.74) is 0.802. The smallest absolute Gasteiger partial charge is 0.441 e. The van der Waals surface area contributed by atoms with Gasteiger partial charge in [0.15, 0.2) is 0 Å². The van der Waals surface area contributed by atoms with E-state index in [-0.39, 0.29) is 40.3 Å². The molecule has 5 rings (SSSR count). The van der Waals surface area contributed by atoms with Gasteiger partial charge in [-0.1, -0.05) is 29.3 Å². The van der Waals surface area contributed by atoms with Gasteiger partial charge in [-0.15, -0.1) is 9.98 Å². The lowest BCUT2D eigenvalue weighted by Crippen LogP contribution is -2.40. The molecular formula is C43H47Cl2N11O8. The van der Waals surface area contributed by atoms with Crippen molar-refractivity contribution in [3.8, 4) is 0 Å². The Labute approximate surface area is 377 Å². The Hall–Kier alpha value is -7.25. The fourth-order valence-corrected chi connectivity index (χ4v) is 6.08. The fraction of sp³-hybridized carbons (Fsp3) is 0.279. The van der Waals surface area contributed by atoms with Crippen molar-refractivity contribution in [2.75, 3.05) is 16.0 Å². The maximum atomic E-state index is 13.8.